The number of sulfone groups is 1. The Bertz CT molecular complexity index is 748. The molecule has 0 saturated heterocycles. The SMILES string of the molecule is C=CCNC(=O)C(C)S(=O)(=O)Cc1csc(-c2cccs2)n1. The Balaban J connectivity index is 2.08. The van der Waals surface area contributed by atoms with Gasteiger partial charge in [-0.05, 0) is 18.4 Å². The Morgan fingerprint density at radius 1 is 1.50 bits per heavy atom. The van der Waals surface area contributed by atoms with Gasteiger partial charge in [-0.2, -0.15) is 0 Å². The second kappa shape index (κ2) is 7.17. The molecule has 0 aliphatic heterocycles. The van der Waals surface area contributed by atoms with Crippen LogP contribution in [0.25, 0.3) is 9.88 Å². The fourth-order valence-corrected chi connectivity index (χ4v) is 4.66. The summed E-state index contributed by atoms with van der Waals surface area (Å²) in [5, 5.41) is 5.85. The summed E-state index contributed by atoms with van der Waals surface area (Å²) in [6, 6.07) is 3.86. The number of aromatic nitrogens is 1. The molecule has 2 heterocycles. The predicted octanol–water partition coefficient (Wildman–Crippen LogP) is 2.48. The van der Waals surface area contributed by atoms with Gasteiger partial charge in [-0.3, -0.25) is 4.79 Å². The van der Waals surface area contributed by atoms with Gasteiger partial charge in [0.05, 0.1) is 16.3 Å². The van der Waals surface area contributed by atoms with Gasteiger partial charge >= 0.3 is 0 Å². The number of thiophene rings is 1. The molecule has 1 unspecified atom stereocenters. The Morgan fingerprint density at radius 2 is 2.27 bits per heavy atom. The van der Waals surface area contributed by atoms with Crippen LogP contribution >= 0.6 is 22.7 Å². The lowest BCUT2D eigenvalue weighted by Crippen LogP contribution is -2.38. The largest absolute Gasteiger partial charge is 0.352 e. The number of hydrogen-bond acceptors (Lipinski definition) is 6. The van der Waals surface area contributed by atoms with E-state index in [1.807, 2.05) is 17.5 Å². The molecule has 1 atom stereocenters. The summed E-state index contributed by atoms with van der Waals surface area (Å²) in [6.45, 7) is 5.11. The van der Waals surface area contributed by atoms with Gasteiger partial charge in [-0.15, -0.1) is 29.3 Å². The van der Waals surface area contributed by atoms with Crippen LogP contribution in [0.2, 0.25) is 0 Å². The van der Waals surface area contributed by atoms with Crippen LogP contribution < -0.4 is 5.32 Å². The van der Waals surface area contributed by atoms with Crippen LogP contribution in [0, 0.1) is 0 Å². The third-order valence-corrected chi connectivity index (χ3v) is 6.88. The molecule has 118 valence electrons. The summed E-state index contributed by atoms with van der Waals surface area (Å²) in [5.41, 5.74) is 0.469. The van der Waals surface area contributed by atoms with E-state index in [1.165, 1.54) is 24.3 Å². The molecular formula is C14H16N2O3S3. The number of rotatable bonds is 7. The maximum atomic E-state index is 12.3. The zero-order valence-corrected chi connectivity index (χ0v) is 14.4. The topological polar surface area (TPSA) is 76.1 Å². The van der Waals surface area contributed by atoms with Gasteiger partial charge < -0.3 is 5.32 Å². The van der Waals surface area contributed by atoms with Crippen molar-refractivity contribution >= 4 is 38.4 Å². The van der Waals surface area contributed by atoms with E-state index in [0.29, 0.717) is 5.69 Å². The highest BCUT2D eigenvalue weighted by atomic mass is 32.2. The van der Waals surface area contributed by atoms with Crippen LogP contribution in [0.5, 0.6) is 0 Å². The van der Waals surface area contributed by atoms with Gasteiger partial charge in [0, 0.05) is 11.9 Å². The molecule has 1 amide bonds. The average molecular weight is 356 g/mol. The van der Waals surface area contributed by atoms with E-state index in [0.717, 1.165) is 9.88 Å². The number of carbonyl (C=O) groups is 1. The summed E-state index contributed by atoms with van der Waals surface area (Å²) in [6.07, 6.45) is 1.50. The summed E-state index contributed by atoms with van der Waals surface area (Å²) < 4.78 is 24.6. The first-order chi connectivity index (χ1) is 10.4. The van der Waals surface area contributed by atoms with Crippen LogP contribution in [0.4, 0.5) is 0 Å². The van der Waals surface area contributed by atoms with E-state index in [1.54, 1.807) is 16.7 Å². The van der Waals surface area contributed by atoms with E-state index in [2.05, 4.69) is 16.9 Å². The second-order valence-electron chi connectivity index (χ2n) is 4.60. The normalized spacial score (nSPS) is 12.8. The number of hydrogen-bond donors (Lipinski definition) is 1. The Morgan fingerprint density at radius 3 is 2.91 bits per heavy atom. The van der Waals surface area contributed by atoms with Crippen LogP contribution in [-0.4, -0.2) is 31.1 Å². The third-order valence-electron chi connectivity index (χ3n) is 2.96. The molecule has 2 aromatic heterocycles. The molecule has 0 aliphatic carbocycles. The first-order valence-electron chi connectivity index (χ1n) is 6.52. The van der Waals surface area contributed by atoms with Crippen molar-refractivity contribution in [2.75, 3.05) is 6.54 Å². The maximum Gasteiger partial charge on any atom is 0.238 e. The van der Waals surface area contributed by atoms with Crippen molar-refractivity contribution in [1.82, 2.24) is 10.3 Å². The van der Waals surface area contributed by atoms with Crippen molar-refractivity contribution in [2.45, 2.75) is 17.9 Å². The standard InChI is InChI=1S/C14H16N2O3S3/c1-3-6-15-13(17)10(2)22(18,19)9-11-8-21-14(16-11)12-5-4-7-20-12/h3-5,7-8,10H,1,6,9H2,2H3,(H,15,17). The highest BCUT2D eigenvalue weighted by molar-refractivity contribution is 7.92. The molecule has 2 rings (SSSR count). The molecule has 0 saturated carbocycles. The highest BCUT2D eigenvalue weighted by Crippen LogP contribution is 2.28. The van der Waals surface area contributed by atoms with Crippen molar-refractivity contribution in [3.63, 3.8) is 0 Å². The summed E-state index contributed by atoms with van der Waals surface area (Å²) >= 11 is 2.96. The predicted molar refractivity (Wildman–Crippen MR) is 90.7 cm³/mol. The molecule has 22 heavy (non-hydrogen) atoms. The van der Waals surface area contributed by atoms with Crippen molar-refractivity contribution in [1.29, 1.82) is 0 Å². The minimum Gasteiger partial charge on any atom is -0.352 e. The van der Waals surface area contributed by atoms with Gasteiger partial charge in [0.1, 0.15) is 10.3 Å². The van der Waals surface area contributed by atoms with Crippen molar-refractivity contribution < 1.29 is 13.2 Å². The first kappa shape index (κ1) is 16.9. The number of nitrogens with zero attached hydrogens (tertiary/aromatic N) is 1. The number of carbonyl (C=O) groups excluding carboxylic acids is 1. The Labute approximate surface area is 137 Å². The molecule has 0 aromatic carbocycles. The van der Waals surface area contributed by atoms with Gasteiger partial charge in [-0.25, -0.2) is 13.4 Å². The van der Waals surface area contributed by atoms with E-state index >= 15 is 0 Å². The number of amides is 1. The number of nitrogens with one attached hydrogen (secondary N) is 1. The maximum absolute atomic E-state index is 12.3. The van der Waals surface area contributed by atoms with E-state index in [4.69, 9.17) is 0 Å². The summed E-state index contributed by atoms with van der Waals surface area (Å²) in [4.78, 5) is 17.1. The molecule has 2 aromatic rings. The second-order valence-corrected chi connectivity index (χ2v) is 8.73. The van der Waals surface area contributed by atoms with Gasteiger partial charge in [0.25, 0.3) is 0 Å². The van der Waals surface area contributed by atoms with Crippen LogP contribution in [0.3, 0.4) is 0 Å². The lowest BCUT2D eigenvalue weighted by Gasteiger charge is -2.11. The highest BCUT2D eigenvalue weighted by Gasteiger charge is 2.28. The molecular weight excluding hydrogens is 340 g/mol. The monoisotopic (exact) mass is 356 g/mol. The molecule has 1 N–H and O–H groups in total. The third kappa shape index (κ3) is 4.02. The van der Waals surface area contributed by atoms with Crippen molar-refractivity contribution in [2.24, 2.45) is 0 Å². The van der Waals surface area contributed by atoms with Gasteiger partial charge in [-0.1, -0.05) is 12.1 Å². The smallest absolute Gasteiger partial charge is 0.238 e. The molecule has 0 bridgehead atoms. The fourth-order valence-electron chi connectivity index (χ4n) is 1.70. The molecule has 0 radical (unpaired) electrons. The number of thiazole rings is 1. The van der Waals surface area contributed by atoms with E-state index < -0.39 is 21.0 Å². The van der Waals surface area contributed by atoms with Gasteiger partial charge in [0.15, 0.2) is 9.84 Å². The summed E-state index contributed by atoms with van der Waals surface area (Å²) in [5.74, 6) is -0.758. The first-order valence-corrected chi connectivity index (χ1v) is 10.00. The molecule has 8 heteroatoms. The van der Waals surface area contributed by atoms with Crippen LogP contribution in [0.1, 0.15) is 12.6 Å². The zero-order chi connectivity index (χ0) is 16.2. The van der Waals surface area contributed by atoms with Crippen molar-refractivity contribution in [3.05, 3.63) is 41.2 Å². The molecule has 0 fully saturated rings. The lowest BCUT2D eigenvalue weighted by molar-refractivity contribution is -0.120. The van der Waals surface area contributed by atoms with Crippen LogP contribution in [0.15, 0.2) is 35.5 Å². The molecule has 5 nitrogen and oxygen atoms in total. The summed E-state index contributed by atoms with van der Waals surface area (Å²) in [7, 11) is -3.60. The quantitative estimate of drug-likeness (QED) is 0.773. The lowest BCUT2D eigenvalue weighted by atomic mass is 10.4. The Hall–Kier alpha value is -1.51. The molecule has 0 spiro atoms. The van der Waals surface area contributed by atoms with Gasteiger partial charge in [0.2, 0.25) is 5.91 Å². The molecule has 0 aliphatic rings. The fraction of sp³-hybridized carbons (Fsp3) is 0.286. The van der Waals surface area contributed by atoms with E-state index in [9.17, 15) is 13.2 Å². The minimum absolute atomic E-state index is 0.239. The Kier molecular flexibility index (Phi) is 5.49. The van der Waals surface area contributed by atoms with Crippen molar-refractivity contribution in [3.8, 4) is 9.88 Å². The minimum atomic E-state index is -3.60. The zero-order valence-electron chi connectivity index (χ0n) is 12.0. The average Bonchev–Trinajstić information content (AvgIpc) is 3.14. The van der Waals surface area contributed by atoms with Crippen LogP contribution in [-0.2, 0) is 20.4 Å². The van der Waals surface area contributed by atoms with E-state index in [-0.39, 0.29) is 12.3 Å².